The maximum atomic E-state index is 11.1. The molecule has 7 heteroatoms. The van der Waals surface area contributed by atoms with Crippen LogP contribution in [0.5, 0.6) is 5.75 Å². The minimum Gasteiger partial charge on any atom is -0.492 e. The van der Waals surface area contributed by atoms with Crippen LogP contribution in [0.15, 0.2) is 11.4 Å². The normalized spacial score (nSPS) is 9.94. The van der Waals surface area contributed by atoms with Crippen molar-refractivity contribution in [1.29, 1.82) is 0 Å². The van der Waals surface area contributed by atoms with Crippen molar-refractivity contribution in [1.82, 2.24) is 9.97 Å². The van der Waals surface area contributed by atoms with Crippen molar-refractivity contribution in [2.45, 2.75) is 12.1 Å². The largest absolute Gasteiger partial charge is 0.492 e. The second-order valence-corrected chi connectivity index (χ2v) is 3.91. The molecule has 0 aromatic carbocycles. The molecule has 0 N–H and O–H groups in total. The van der Waals surface area contributed by atoms with Gasteiger partial charge in [-0.3, -0.25) is 4.79 Å². The summed E-state index contributed by atoms with van der Waals surface area (Å²) in [5, 5.41) is 0.641. The second kappa shape index (κ2) is 6.55. The van der Waals surface area contributed by atoms with Crippen molar-refractivity contribution < 1.29 is 14.3 Å². The predicted molar refractivity (Wildman–Crippen MR) is 61.0 cm³/mol. The lowest BCUT2D eigenvalue weighted by atomic mass is 10.6. The number of nitrogens with zero attached hydrogens (tertiary/aromatic N) is 2. The molecule has 0 aliphatic carbocycles. The Kier molecular flexibility index (Phi) is 5.34. The first-order chi connectivity index (χ1) is 7.67. The van der Waals surface area contributed by atoms with Crippen molar-refractivity contribution in [2.24, 2.45) is 0 Å². The van der Waals surface area contributed by atoms with Gasteiger partial charge in [0.1, 0.15) is 0 Å². The summed E-state index contributed by atoms with van der Waals surface area (Å²) in [6.45, 7) is 2.12. The number of thioether (sulfide) groups is 1. The van der Waals surface area contributed by atoms with Crippen molar-refractivity contribution in [3.05, 3.63) is 11.3 Å². The molecule has 0 saturated heterocycles. The summed E-state index contributed by atoms with van der Waals surface area (Å²) in [5.74, 6) is 0.265. The fraction of sp³-hybridized carbons (Fsp3) is 0.444. The van der Waals surface area contributed by atoms with Gasteiger partial charge in [-0.2, -0.15) is 0 Å². The molecular weight excluding hydrogens is 252 g/mol. The molecule has 1 heterocycles. The molecule has 0 spiro atoms. The van der Waals surface area contributed by atoms with Crippen LogP contribution in [0, 0.1) is 0 Å². The molecule has 1 rings (SSSR count). The first-order valence-electron chi connectivity index (χ1n) is 4.52. The van der Waals surface area contributed by atoms with E-state index < -0.39 is 0 Å². The summed E-state index contributed by atoms with van der Waals surface area (Å²) in [5.41, 5.74) is 0. The van der Waals surface area contributed by atoms with Gasteiger partial charge in [0.05, 0.1) is 25.7 Å². The summed E-state index contributed by atoms with van der Waals surface area (Å²) in [4.78, 5) is 19.0. The van der Waals surface area contributed by atoms with E-state index in [2.05, 4.69) is 9.97 Å². The monoisotopic (exact) mass is 262 g/mol. The summed E-state index contributed by atoms with van der Waals surface area (Å²) in [7, 11) is 1.48. The minimum absolute atomic E-state index is 0.163. The average molecular weight is 263 g/mol. The van der Waals surface area contributed by atoms with Crippen molar-refractivity contribution in [3.63, 3.8) is 0 Å². The SMILES string of the molecule is CCOC(=O)CSc1ncc(OC)c(Cl)n1. The zero-order chi connectivity index (χ0) is 12.0. The summed E-state index contributed by atoms with van der Waals surface area (Å²) in [6, 6.07) is 0. The first-order valence-corrected chi connectivity index (χ1v) is 5.88. The van der Waals surface area contributed by atoms with Crippen LogP contribution in [0.4, 0.5) is 0 Å². The van der Waals surface area contributed by atoms with E-state index in [1.54, 1.807) is 6.92 Å². The third-order valence-corrected chi connectivity index (χ3v) is 2.64. The van der Waals surface area contributed by atoms with Crippen LogP contribution < -0.4 is 4.74 Å². The molecule has 16 heavy (non-hydrogen) atoms. The lowest BCUT2D eigenvalue weighted by Gasteiger charge is -2.03. The van der Waals surface area contributed by atoms with Crippen LogP contribution in [0.3, 0.4) is 0 Å². The number of methoxy groups -OCH3 is 1. The van der Waals surface area contributed by atoms with Crippen LogP contribution in [0.1, 0.15) is 6.92 Å². The highest BCUT2D eigenvalue weighted by molar-refractivity contribution is 7.99. The van der Waals surface area contributed by atoms with Crippen LogP contribution in [0.2, 0.25) is 5.15 Å². The van der Waals surface area contributed by atoms with Gasteiger partial charge in [0, 0.05) is 0 Å². The summed E-state index contributed by atoms with van der Waals surface area (Å²) >= 11 is 6.97. The third-order valence-electron chi connectivity index (χ3n) is 1.53. The predicted octanol–water partition coefficient (Wildman–Crippen LogP) is 1.79. The Morgan fingerprint density at radius 3 is 2.94 bits per heavy atom. The molecule has 5 nitrogen and oxygen atoms in total. The molecule has 0 saturated carbocycles. The van der Waals surface area contributed by atoms with E-state index in [1.807, 2.05) is 0 Å². The summed E-state index contributed by atoms with van der Waals surface area (Å²) < 4.78 is 9.67. The van der Waals surface area contributed by atoms with E-state index in [-0.39, 0.29) is 16.9 Å². The highest BCUT2D eigenvalue weighted by Crippen LogP contribution is 2.23. The fourth-order valence-corrected chi connectivity index (χ4v) is 1.74. The van der Waals surface area contributed by atoms with Gasteiger partial charge in [-0.15, -0.1) is 0 Å². The number of rotatable bonds is 5. The van der Waals surface area contributed by atoms with Crippen LogP contribution in [0.25, 0.3) is 0 Å². The lowest BCUT2D eigenvalue weighted by Crippen LogP contribution is -2.07. The number of ether oxygens (including phenoxy) is 2. The Labute approximate surface area is 103 Å². The van der Waals surface area contributed by atoms with Gasteiger partial charge in [0.15, 0.2) is 16.1 Å². The zero-order valence-electron chi connectivity index (χ0n) is 8.90. The zero-order valence-corrected chi connectivity index (χ0v) is 10.5. The Balaban J connectivity index is 2.55. The van der Waals surface area contributed by atoms with E-state index in [0.717, 1.165) is 0 Å². The van der Waals surface area contributed by atoms with Gasteiger partial charge in [-0.25, -0.2) is 9.97 Å². The van der Waals surface area contributed by atoms with Crippen LogP contribution >= 0.6 is 23.4 Å². The van der Waals surface area contributed by atoms with Gasteiger partial charge in [-0.05, 0) is 6.92 Å². The lowest BCUT2D eigenvalue weighted by molar-refractivity contribution is -0.139. The maximum absolute atomic E-state index is 11.1. The molecule has 1 aromatic heterocycles. The Hall–Kier alpha value is -1.01. The molecule has 0 amide bonds. The van der Waals surface area contributed by atoms with Gasteiger partial charge < -0.3 is 9.47 Å². The smallest absolute Gasteiger partial charge is 0.316 e. The molecule has 0 radical (unpaired) electrons. The third kappa shape index (κ3) is 3.86. The molecule has 0 fully saturated rings. The molecule has 0 atom stereocenters. The summed E-state index contributed by atoms with van der Waals surface area (Å²) in [6.07, 6.45) is 1.46. The molecule has 0 bridgehead atoms. The Bertz CT molecular complexity index is 376. The number of carbonyl (C=O) groups is 1. The fourth-order valence-electron chi connectivity index (χ4n) is 0.868. The average Bonchev–Trinajstić information content (AvgIpc) is 2.27. The molecular formula is C9H11ClN2O3S. The van der Waals surface area contributed by atoms with Gasteiger partial charge in [-0.1, -0.05) is 23.4 Å². The maximum Gasteiger partial charge on any atom is 0.316 e. The number of aromatic nitrogens is 2. The Morgan fingerprint density at radius 2 is 2.38 bits per heavy atom. The molecule has 88 valence electrons. The van der Waals surface area contributed by atoms with Crippen molar-refractivity contribution in [3.8, 4) is 5.75 Å². The van der Waals surface area contributed by atoms with Crippen molar-refractivity contribution in [2.75, 3.05) is 19.5 Å². The standard InChI is InChI=1S/C9H11ClN2O3S/c1-3-15-7(13)5-16-9-11-4-6(14-2)8(10)12-9/h4H,3,5H2,1-2H3. The van der Waals surface area contributed by atoms with Crippen molar-refractivity contribution >= 4 is 29.3 Å². The highest BCUT2D eigenvalue weighted by Gasteiger charge is 2.08. The molecule has 0 aliphatic heterocycles. The van der Waals surface area contributed by atoms with E-state index in [1.165, 1.54) is 25.1 Å². The number of hydrogen-bond acceptors (Lipinski definition) is 6. The van der Waals surface area contributed by atoms with Crippen LogP contribution in [-0.2, 0) is 9.53 Å². The first kappa shape index (κ1) is 13.1. The Morgan fingerprint density at radius 1 is 1.62 bits per heavy atom. The van der Waals surface area contributed by atoms with E-state index >= 15 is 0 Å². The number of hydrogen-bond donors (Lipinski definition) is 0. The number of halogens is 1. The van der Waals surface area contributed by atoms with Gasteiger partial charge in [0.2, 0.25) is 0 Å². The number of esters is 1. The molecule has 0 aliphatic rings. The van der Waals surface area contributed by atoms with E-state index in [0.29, 0.717) is 17.5 Å². The molecule has 0 unspecified atom stereocenters. The van der Waals surface area contributed by atoms with Crippen LogP contribution in [-0.4, -0.2) is 35.4 Å². The topological polar surface area (TPSA) is 61.3 Å². The van der Waals surface area contributed by atoms with Gasteiger partial charge in [0.25, 0.3) is 0 Å². The second-order valence-electron chi connectivity index (χ2n) is 2.61. The van der Waals surface area contributed by atoms with E-state index in [9.17, 15) is 4.79 Å². The quantitative estimate of drug-likeness (QED) is 0.349. The van der Waals surface area contributed by atoms with Gasteiger partial charge >= 0.3 is 5.97 Å². The van der Waals surface area contributed by atoms with E-state index in [4.69, 9.17) is 21.1 Å². The minimum atomic E-state index is -0.303. The molecule has 1 aromatic rings. The highest BCUT2D eigenvalue weighted by atomic mass is 35.5. The number of carbonyl (C=O) groups excluding carboxylic acids is 1.